The van der Waals surface area contributed by atoms with Crippen LogP contribution < -0.4 is 5.73 Å². The van der Waals surface area contributed by atoms with Gasteiger partial charge in [-0.25, -0.2) is 0 Å². The molecular weight excluding hydrogens is 232 g/mol. The van der Waals surface area contributed by atoms with E-state index in [4.69, 9.17) is 5.73 Å². The van der Waals surface area contributed by atoms with Gasteiger partial charge >= 0.3 is 0 Å². The fourth-order valence-electron chi connectivity index (χ4n) is 5.17. The summed E-state index contributed by atoms with van der Waals surface area (Å²) in [5.41, 5.74) is 6.21. The van der Waals surface area contributed by atoms with E-state index in [2.05, 4.69) is 11.8 Å². The molecule has 1 aliphatic heterocycles. The monoisotopic (exact) mass is 264 g/mol. The molecule has 0 aromatic carbocycles. The number of piperidine rings is 1. The van der Waals surface area contributed by atoms with Crippen molar-refractivity contribution >= 4 is 0 Å². The van der Waals surface area contributed by atoms with Gasteiger partial charge in [-0.1, -0.05) is 26.2 Å². The lowest BCUT2D eigenvalue weighted by atomic mass is 9.77. The lowest BCUT2D eigenvalue weighted by Crippen LogP contribution is -2.54. The topological polar surface area (TPSA) is 29.3 Å². The van der Waals surface area contributed by atoms with Gasteiger partial charge in [-0.3, -0.25) is 4.90 Å². The zero-order chi connectivity index (χ0) is 13.2. The van der Waals surface area contributed by atoms with Crippen molar-refractivity contribution in [3.05, 3.63) is 0 Å². The smallest absolute Gasteiger partial charge is 0.0249 e. The molecule has 1 heterocycles. The van der Waals surface area contributed by atoms with Crippen LogP contribution in [0.3, 0.4) is 0 Å². The SMILES string of the molecule is CC1CCC(C(CN)N2CCCC3CCCC32)CC1. The molecule has 0 aromatic rings. The Bertz CT molecular complexity index is 283. The van der Waals surface area contributed by atoms with Gasteiger partial charge in [0.15, 0.2) is 0 Å². The van der Waals surface area contributed by atoms with Gasteiger partial charge in [0, 0.05) is 18.6 Å². The van der Waals surface area contributed by atoms with Crippen molar-refractivity contribution in [3.63, 3.8) is 0 Å². The summed E-state index contributed by atoms with van der Waals surface area (Å²) in [5, 5.41) is 0. The predicted octanol–water partition coefficient (Wildman–Crippen LogP) is 3.40. The fourth-order valence-corrected chi connectivity index (χ4v) is 5.17. The van der Waals surface area contributed by atoms with E-state index in [0.717, 1.165) is 30.3 Å². The molecule has 1 saturated heterocycles. The molecule has 3 fully saturated rings. The first kappa shape index (κ1) is 13.9. The molecule has 0 bridgehead atoms. The van der Waals surface area contributed by atoms with E-state index in [9.17, 15) is 0 Å². The van der Waals surface area contributed by atoms with E-state index in [1.54, 1.807) is 0 Å². The first-order valence-corrected chi connectivity index (χ1v) is 8.75. The van der Waals surface area contributed by atoms with Gasteiger partial charge in [-0.15, -0.1) is 0 Å². The highest BCUT2D eigenvalue weighted by molar-refractivity contribution is 4.95. The van der Waals surface area contributed by atoms with Crippen molar-refractivity contribution in [1.82, 2.24) is 4.90 Å². The maximum atomic E-state index is 6.21. The maximum Gasteiger partial charge on any atom is 0.0249 e. The zero-order valence-electron chi connectivity index (χ0n) is 12.7. The zero-order valence-corrected chi connectivity index (χ0v) is 12.7. The number of nitrogens with zero attached hydrogens (tertiary/aromatic N) is 1. The highest BCUT2D eigenvalue weighted by atomic mass is 15.2. The highest BCUT2D eigenvalue weighted by Crippen LogP contribution is 2.40. The molecule has 3 rings (SSSR count). The summed E-state index contributed by atoms with van der Waals surface area (Å²) >= 11 is 0. The molecule has 2 saturated carbocycles. The number of hydrogen-bond acceptors (Lipinski definition) is 2. The summed E-state index contributed by atoms with van der Waals surface area (Å²) in [5.74, 6) is 2.85. The van der Waals surface area contributed by atoms with E-state index in [-0.39, 0.29) is 0 Å². The summed E-state index contributed by atoms with van der Waals surface area (Å²) in [4.78, 5) is 2.86. The quantitative estimate of drug-likeness (QED) is 0.846. The van der Waals surface area contributed by atoms with Crippen molar-refractivity contribution in [1.29, 1.82) is 0 Å². The average Bonchev–Trinajstić information content (AvgIpc) is 2.91. The Balaban J connectivity index is 1.67. The van der Waals surface area contributed by atoms with E-state index in [0.29, 0.717) is 6.04 Å². The largest absolute Gasteiger partial charge is 0.329 e. The van der Waals surface area contributed by atoms with Crippen LogP contribution in [0.1, 0.15) is 64.7 Å². The standard InChI is InChI=1S/C17H32N2/c1-13-7-9-15(10-8-13)17(12-18)19-11-3-5-14-4-2-6-16(14)19/h13-17H,2-12,18H2,1H3. The molecule has 110 valence electrons. The molecule has 0 radical (unpaired) electrons. The van der Waals surface area contributed by atoms with Crippen LogP contribution in [0, 0.1) is 17.8 Å². The molecule has 2 N–H and O–H groups in total. The molecule has 0 spiro atoms. The minimum atomic E-state index is 0.693. The highest BCUT2D eigenvalue weighted by Gasteiger charge is 2.40. The van der Waals surface area contributed by atoms with E-state index in [1.807, 2.05) is 0 Å². The second-order valence-electron chi connectivity index (χ2n) is 7.46. The Kier molecular flexibility index (Phi) is 4.48. The van der Waals surface area contributed by atoms with Crippen LogP contribution in [0.15, 0.2) is 0 Å². The number of rotatable bonds is 3. The molecule has 3 aliphatic rings. The third-order valence-electron chi connectivity index (χ3n) is 6.31. The second kappa shape index (κ2) is 6.13. The third kappa shape index (κ3) is 2.85. The van der Waals surface area contributed by atoms with Crippen LogP contribution in [-0.2, 0) is 0 Å². The van der Waals surface area contributed by atoms with Gasteiger partial charge in [-0.05, 0) is 62.8 Å². The summed E-state index contributed by atoms with van der Waals surface area (Å²) < 4.78 is 0. The minimum Gasteiger partial charge on any atom is -0.329 e. The number of fused-ring (bicyclic) bond motifs is 1. The predicted molar refractivity (Wildman–Crippen MR) is 81.0 cm³/mol. The Morgan fingerprint density at radius 3 is 2.47 bits per heavy atom. The first-order valence-electron chi connectivity index (χ1n) is 8.75. The van der Waals surface area contributed by atoms with E-state index >= 15 is 0 Å². The Hall–Kier alpha value is -0.0800. The number of hydrogen-bond donors (Lipinski definition) is 1. The van der Waals surface area contributed by atoms with Crippen LogP contribution in [0.5, 0.6) is 0 Å². The first-order chi connectivity index (χ1) is 9.29. The molecule has 2 nitrogen and oxygen atoms in total. The number of likely N-dealkylation sites (tertiary alicyclic amines) is 1. The Morgan fingerprint density at radius 2 is 1.74 bits per heavy atom. The molecule has 3 atom stereocenters. The fraction of sp³-hybridized carbons (Fsp3) is 1.00. The summed E-state index contributed by atoms with van der Waals surface area (Å²) in [7, 11) is 0. The Labute approximate surface area is 119 Å². The van der Waals surface area contributed by atoms with Crippen molar-refractivity contribution < 1.29 is 0 Å². The van der Waals surface area contributed by atoms with Crippen LogP contribution >= 0.6 is 0 Å². The number of nitrogens with two attached hydrogens (primary N) is 1. The molecule has 0 aromatic heterocycles. The van der Waals surface area contributed by atoms with Crippen molar-refractivity contribution in [2.75, 3.05) is 13.1 Å². The molecule has 0 amide bonds. The van der Waals surface area contributed by atoms with Crippen molar-refractivity contribution in [2.45, 2.75) is 76.8 Å². The van der Waals surface area contributed by atoms with Gasteiger partial charge in [0.25, 0.3) is 0 Å². The van der Waals surface area contributed by atoms with Gasteiger partial charge in [0.1, 0.15) is 0 Å². The average molecular weight is 264 g/mol. The van der Waals surface area contributed by atoms with Crippen LogP contribution in [-0.4, -0.2) is 30.1 Å². The molecule has 2 heteroatoms. The second-order valence-corrected chi connectivity index (χ2v) is 7.46. The molecule has 2 aliphatic carbocycles. The van der Waals surface area contributed by atoms with Crippen molar-refractivity contribution in [3.8, 4) is 0 Å². The lowest BCUT2D eigenvalue weighted by Gasteiger charge is -2.46. The lowest BCUT2D eigenvalue weighted by molar-refractivity contribution is 0.0295. The summed E-state index contributed by atoms with van der Waals surface area (Å²) in [6, 6.07) is 1.58. The molecule has 3 unspecified atom stereocenters. The minimum absolute atomic E-state index is 0.693. The van der Waals surface area contributed by atoms with Gasteiger partial charge in [-0.2, -0.15) is 0 Å². The normalized spacial score (nSPS) is 42.0. The van der Waals surface area contributed by atoms with Gasteiger partial charge in [0.2, 0.25) is 0 Å². The van der Waals surface area contributed by atoms with Gasteiger partial charge < -0.3 is 5.73 Å². The maximum absolute atomic E-state index is 6.21. The summed E-state index contributed by atoms with van der Waals surface area (Å²) in [6.07, 6.45) is 13.0. The third-order valence-corrected chi connectivity index (χ3v) is 6.31. The molecular formula is C17H32N2. The molecule has 19 heavy (non-hydrogen) atoms. The Morgan fingerprint density at radius 1 is 1.00 bits per heavy atom. The van der Waals surface area contributed by atoms with Crippen LogP contribution in [0.2, 0.25) is 0 Å². The summed E-state index contributed by atoms with van der Waals surface area (Å²) in [6.45, 7) is 4.64. The van der Waals surface area contributed by atoms with E-state index in [1.165, 1.54) is 64.3 Å². The van der Waals surface area contributed by atoms with Crippen LogP contribution in [0.4, 0.5) is 0 Å². The van der Waals surface area contributed by atoms with E-state index < -0.39 is 0 Å². The van der Waals surface area contributed by atoms with Crippen LogP contribution in [0.25, 0.3) is 0 Å². The van der Waals surface area contributed by atoms with Gasteiger partial charge in [0.05, 0.1) is 0 Å². The van der Waals surface area contributed by atoms with Crippen molar-refractivity contribution in [2.24, 2.45) is 23.5 Å².